The summed E-state index contributed by atoms with van der Waals surface area (Å²) < 4.78 is 13.2. The molecule has 0 spiro atoms. The van der Waals surface area contributed by atoms with Crippen molar-refractivity contribution in [2.45, 2.75) is 19.3 Å². The van der Waals surface area contributed by atoms with Crippen molar-refractivity contribution in [1.29, 1.82) is 0 Å². The molecule has 0 saturated carbocycles. The fraction of sp³-hybridized carbons (Fsp3) is 0.308. The summed E-state index contributed by atoms with van der Waals surface area (Å²) in [4.78, 5) is 14.5. The first-order valence-electron chi connectivity index (χ1n) is 5.73. The first kappa shape index (κ1) is 10.3. The molecular weight excluding hydrogens is 219 g/mol. The topological polar surface area (TPSA) is 58.9 Å². The van der Waals surface area contributed by atoms with Crippen molar-refractivity contribution >= 4 is 16.8 Å². The number of halogens is 1. The Morgan fingerprint density at radius 1 is 1.47 bits per heavy atom. The lowest BCUT2D eigenvalue weighted by Gasteiger charge is -2.19. The quantitative estimate of drug-likeness (QED) is 0.775. The highest BCUT2D eigenvalue weighted by Gasteiger charge is 2.25. The van der Waals surface area contributed by atoms with Gasteiger partial charge in [-0.2, -0.15) is 0 Å². The molecule has 2 aromatic rings. The molecule has 1 heterocycles. The molecule has 17 heavy (non-hydrogen) atoms. The van der Waals surface area contributed by atoms with Crippen LogP contribution in [0.4, 0.5) is 4.39 Å². The number of aromatic amines is 1. The maximum absolute atomic E-state index is 13.2. The van der Waals surface area contributed by atoms with Crippen LogP contribution in [0.15, 0.2) is 18.2 Å². The minimum Gasteiger partial charge on any atom is -0.369 e. The molecule has 4 heteroatoms. The second-order valence-corrected chi connectivity index (χ2v) is 4.61. The van der Waals surface area contributed by atoms with Crippen LogP contribution < -0.4 is 5.73 Å². The molecule has 0 saturated heterocycles. The number of fused-ring (bicyclic) bond motifs is 3. The fourth-order valence-electron chi connectivity index (χ4n) is 2.63. The molecule has 3 N–H and O–H groups in total. The summed E-state index contributed by atoms with van der Waals surface area (Å²) in [5.74, 6) is -0.633. The van der Waals surface area contributed by atoms with Gasteiger partial charge in [0.2, 0.25) is 5.91 Å². The predicted molar refractivity (Wildman–Crippen MR) is 63.0 cm³/mol. The molecule has 0 bridgehead atoms. The number of primary amides is 1. The van der Waals surface area contributed by atoms with Gasteiger partial charge in [0.25, 0.3) is 0 Å². The van der Waals surface area contributed by atoms with Crippen LogP contribution >= 0.6 is 0 Å². The zero-order valence-electron chi connectivity index (χ0n) is 9.29. The molecule has 1 aliphatic rings. The summed E-state index contributed by atoms with van der Waals surface area (Å²) in [7, 11) is 0. The standard InChI is InChI=1S/C13H13FN2O/c14-8-2-4-12-10(6-8)9-5-7(13(15)17)1-3-11(9)16-12/h2,4,6-7,16H,1,3,5H2,(H2,15,17). The highest BCUT2D eigenvalue weighted by atomic mass is 19.1. The number of nitrogens with one attached hydrogen (secondary N) is 1. The highest BCUT2D eigenvalue weighted by molar-refractivity contribution is 5.86. The third-order valence-corrected chi connectivity index (χ3v) is 3.55. The molecule has 0 fully saturated rings. The number of aromatic nitrogens is 1. The number of carbonyl (C=O) groups is 1. The van der Waals surface area contributed by atoms with Crippen molar-refractivity contribution in [1.82, 2.24) is 4.98 Å². The molecule has 3 nitrogen and oxygen atoms in total. The molecule has 1 amide bonds. The summed E-state index contributed by atoms with van der Waals surface area (Å²) in [5, 5.41) is 0.881. The number of hydrogen-bond donors (Lipinski definition) is 2. The summed E-state index contributed by atoms with van der Waals surface area (Å²) >= 11 is 0. The number of H-pyrrole nitrogens is 1. The van der Waals surface area contributed by atoms with E-state index >= 15 is 0 Å². The second-order valence-electron chi connectivity index (χ2n) is 4.61. The van der Waals surface area contributed by atoms with Gasteiger partial charge in [0, 0.05) is 22.5 Å². The van der Waals surface area contributed by atoms with Crippen LogP contribution in [0, 0.1) is 11.7 Å². The zero-order valence-corrected chi connectivity index (χ0v) is 9.29. The van der Waals surface area contributed by atoms with E-state index in [1.165, 1.54) is 12.1 Å². The van der Waals surface area contributed by atoms with Gasteiger partial charge in [0.15, 0.2) is 0 Å². The minimum absolute atomic E-state index is 0.121. The number of hydrogen-bond acceptors (Lipinski definition) is 1. The molecule has 1 unspecified atom stereocenters. The Kier molecular flexibility index (Phi) is 2.18. The third-order valence-electron chi connectivity index (χ3n) is 3.55. The summed E-state index contributed by atoms with van der Waals surface area (Å²) in [6, 6.07) is 4.70. The van der Waals surface area contributed by atoms with E-state index < -0.39 is 0 Å². The van der Waals surface area contributed by atoms with Crippen LogP contribution in [0.1, 0.15) is 17.7 Å². The van der Waals surface area contributed by atoms with Gasteiger partial charge in [-0.1, -0.05) is 0 Å². The van der Waals surface area contributed by atoms with Gasteiger partial charge in [-0.25, -0.2) is 4.39 Å². The van der Waals surface area contributed by atoms with Crippen molar-refractivity contribution in [3.63, 3.8) is 0 Å². The van der Waals surface area contributed by atoms with Crippen molar-refractivity contribution in [2.24, 2.45) is 11.7 Å². The Balaban J connectivity index is 2.13. The van der Waals surface area contributed by atoms with Crippen LogP contribution in [0.3, 0.4) is 0 Å². The Morgan fingerprint density at radius 3 is 3.06 bits per heavy atom. The van der Waals surface area contributed by atoms with E-state index in [9.17, 15) is 9.18 Å². The first-order valence-corrected chi connectivity index (χ1v) is 5.73. The van der Waals surface area contributed by atoms with Crippen LogP contribution in [0.25, 0.3) is 10.9 Å². The Hall–Kier alpha value is -1.84. The van der Waals surface area contributed by atoms with Crippen LogP contribution in [0.5, 0.6) is 0 Å². The molecule has 0 aliphatic heterocycles. The molecule has 0 radical (unpaired) electrons. The van der Waals surface area contributed by atoms with Crippen LogP contribution in [-0.4, -0.2) is 10.9 Å². The average Bonchev–Trinajstić information content (AvgIpc) is 2.66. The Labute approximate surface area is 97.8 Å². The van der Waals surface area contributed by atoms with E-state index in [4.69, 9.17) is 5.73 Å². The molecule has 88 valence electrons. The van der Waals surface area contributed by atoms with Crippen LogP contribution in [0.2, 0.25) is 0 Å². The minimum atomic E-state index is -0.263. The third kappa shape index (κ3) is 1.60. The van der Waals surface area contributed by atoms with Gasteiger partial charge in [0.05, 0.1) is 0 Å². The molecule has 1 atom stereocenters. The molecule has 1 aliphatic carbocycles. The van der Waals surface area contributed by atoms with E-state index in [1.54, 1.807) is 6.07 Å². The lowest BCUT2D eigenvalue weighted by Crippen LogP contribution is -2.28. The molecule has 1 aromatic carbocycles. The number of nitrogens with two attached hydrogens (primary N) is 1. The molecule has 1 aromatic heterocycles. The van der Waals surface area contributed by atoms with Crippen LogP contribution in [-0.2, 0) is 17.6 Å². The molecule has 3 rings (SSSR count). The van der Waals surface area contributed by atoms with E-state index in [2.05, 4.69) is 4.98 Å². The van der Waals surface area contributed by atoms with Gasteiger partial charge in [-0.15, -0.1) is 0 Å². The largest absolute Gasteiger partial charge is 0.369 e. The van der Waals surface area contributed by atoms with Crippen molar-refractivity contribution in [2.75, 3.05) is 0 Å². The SMILES string of the molecule is NC(=O)C1CCc2[nH]c3ccc(F)cc3c2C1. The Morgan fingerprint density at radius 2 is 2.29 bits per heavy atom. The van der Waals surface area contributed by atoms with E-state index in [-0.39, 0.29) is 17.6 Å². The fourth-order valence-corrected chi connectivity index (χ4v) is 2.63. The van der Waals surface area contributed by atoms with Gasteiger partial charge in [-0.3, -0.25) is 4.79 Å². The van der Waals surface area contributed by atoms with Gasteiger partial charge >= 0.3 is 0 Å². The monoisotopic (exact) mass is 232 g/mol. The van der Waals surface area contributed by atoms with Crippen molar-refractivity contribution in [3.8, 4) is 0 Å². The zero-order chi connectivity index (χ0) is 12.0. The maximum Gasteiger partial charge on any atom is 0.220 e. The lowest BCUT2D eigenvalue weighted by molar-refractivity contribution is -0.122. The van der Waals surface area contributed by atoms with E-state index in [0.717, 1.165) is 35.0 Å². The van der Waals surface area contributed by atoms with Gasteiger partial charge < -0.3 is 10.7 Å². The van der Waals surface area contributed by atoms with E-state index in [1.807, 2.05) is 0 Å². The lowest BCUT2D eigenvalue weighted by atomic mass is 9.86. The normalized spacial score (nSPS) is 19.2. The number of carbonyl (C=O) groups excluding carboxylic acids is 1. The van der Waals surface area contributed by atoms with Gasteiger partial charge in [-0.05, 0) is 43.0 Å². The summed E-state index contributed by atoms with van der Waals surface area (Å²) in [5.41, 5.74) is 8.44. The van der Waals surface area contributed by atoms with E-state index in [0.29, 0.717) is 6.42 Å². The number of benzene rings is 1. The van der Waals surface area contributed by atoms with Crippen molar-refractivity contribution in [3.05, 3.63) is 35.3 Å². The smallest absolute Gasteiger partial charge is 0.220 e. The summed E-state index contributed by atoms with van der Waals surface area (Å²) in [6.07, 6.45) is 2.20. The number of aryl methyl sites for hydroxylation is 1. The molecular formula is C13H13FN2O. The number of rotatable bonds is 1. The highest BCUT2D eigenvalue weighted by Crippen LogP contribution is 2.31. The second kappa shape index (κ2) is 3.58. The first-order chi connectivity index (χ1) is 8.15. The Bertz CT molecular complexity index is 603. The van der Waals surface area contributed by atoms with Crippen molar-refractivity contribution < 1.29 is 9.18 Å². The maximum atomic E-state index is 13.2. The summed E-state index contributed by atoms with van der Waals surface area (Å²) in [6.45, 7) is 0. The average molecular weight is 232 g/mol. The van der Waals surface area contributed by atoms with Gasteiger partial charge in [0.1, 0.15) is 5.82 Å². The predicted octanol–water partition coefficient (Wildman–Crippen LogP) is 1.90. The number of amides is 1.